The fourth-order valence-corrected chi connectivity index (χ4v) is 3.05. The predicted molar refractivity (Wildman–Crippen MR) is 83.2 cm³/mol. The van der Waals surface area contributed by atoms with Crippen LogP contribution >= 0.6 is 23.1 Å². The van der Waals surface area contributed by atoms with Crippen molar-refractivity contribution in [1.29, 1.82) is 0 Å². The monoisotopic (exact) mass is 317 g/mol. The molecule has 1 aromatic rings. The van der Waals surface area contributed by atoms with Gasteiger partial charge in [-0.15, -0.1) is 11.3 Å². The zero-order valence-corrected chi connectivity index (χ0v) is 13.1. The number of nitrogens with zero attached hydrogens (tertiary/aromatic N) is 2. The van der Waals surface area contributed by atoms with Crippen LogP contribution in [0.4, 0.5) is 0 Å². The highest BCUT2D eigenvalue weighted by molar-refractivity contribution is 7.98. The van der Waals surface area contributed by atoms with Crippen LogP contribution in [-0.2, 0) is 12.3 Å². The molecular weight excluding hydrogens is 298 g/mol. The van der Waals surface area contributed by atoms with Crippen LogP contribution in [0.3, 0.4) is 0 Å². The topological polar surface area (TPSA) is 92.1 Å². The van der Waals surface area contributed by atoms with Gasteiger partial charge in [0.1, 0.15) is 5.01 Å². The number of nitrogens with one attached hydrogen (secondary N) is 3. The van der Waals surface area contributed by atoms with Crippen LogP contribution in [0.15, 0.2) is 17.4 Å². The van der Waals surface area contributed by atoms with E-state index in [1.54, 1.807) is 30.1 Å². The van der Waals surface area contributed by atoms with E-state index in [4.69, 9.17) is 0 Å². The number of hydrogen-bond donors (Lipinski definition) is 3. The molecule has 1 heterocycles. The molecule has 0 unspecified atom stereocenters. The van der Waals surface area contributed by atoms with Gasteiger partial charge in [-0.1, -0.05) is 0 Å². The van der Waals surface area contributed by atoms with Crippen LogP contribution in [0.1, 0.15) is 10.7 Å². The molecule has 0 aliphatic carbocycles. The van der Waals surface area contributed by atoms with E-state index in [-0.39, 0.29) is 0 Å². The van der Waals surface area contributed by atoms with Crippen LogP contribution in [-0.4, -0.2) is 36.3 Å². The van der Waals surface area contributed by atoms with Gasteiger partial charge in [0.15, 0.2) is 5.82 Å². The number of thiazole rings is 1. The lowest BCUT2D eigenvalue weighted by Gasteiger charge is -2.07. The summed E-state index contributed by atoms with van der Waals surface area (Å²) < 4.78 is 0. The van der Waals surface area contributed by atoms with Crippen molar-refractivity contribution in [3.63, 3.8) is 0 Å². The van der Waals surface area contributed by atoms with Gasteiger partial charge in [-0.05, 0) is 7.05 Å². The maximum Gasteiger partial charge on any atom is 0.274 e. The molecule has 0 aliphatic rings. The molecule has 0 radical (unpaired) electrons. The lowest BCUT2D eigenvalue weighted by Crippen LogP contribution is -2.26. The Morgan fingerprint density at radius 3 is 3.05 bits per heavy atom. The van der Waals surface area contributed by atoms with Crippen LogP contribution in [0, 0.1) is 10.1 Å². The van der Waals surface area contributed by atoms with E-state index in [0.717, 1.165) is 35.0 Å². The Morgan fingerprint density at radius 1 is 1.60 bits per heavy atom. The van der Waals surface area contributed by atoms with Gasteiger partial charge in [0.2, 0.25) is 0 Å². The summed E-state index contributed by atoms with van der Waals surface area (Å²) in [6.07, 6.45) is 0.926. The molecule has 0 amide bonds. The first-order valence-corrected chi connectivity index (χ1v) is 8.11. The Balaban J connectivity index is 2.19. The second kappa shape index (κ2) is 9.56. The first kappa shape index (κ1) is 16.7. The van der Waals surface area contributed by atoms with E-state index in [1.807, 2.05) is 7.05 Å². The Labute approximate surface area is 126 Å². The Morgan fingerprint density at radius 2 is 2.40 bits per heavy atom. The van der Waals surface area contributed by atoms with Gasteiger partial charge < -0.3 is 16.0 Å². The third kappa shape index (κ3) is 6.73. The molecule has 7 nitrogen and oxygen atoms in total. The lowest BCUT2D eigenvalue weighted by molar-refractivity contribution is -0.404. The average molecular weight is 317 g/mol. The van der Waals surface area contributed by atoms with E-state index >= 15 is 0 Å². The van der Waals surface area contributed by atoms with Gasteiger partial charge in [0, 0.05) is 37.0 Å². The van der Waals surface area contributed by atoms with Gasteiger partial charge in [-0.25, -0.2) is 4.98 Å². The van der Waals surface area contributed by atoms with Crippen molar-refractivity contribution in [2.45, 2.75) is 12.3 Å². The average Bonchev–Trinajstić information content (AvgIpc) is 2.84. The minimum absolute atomic E-state index is 0.417. The molecular formula is C11H19N5O2S2. The maximum absolute atomic E-state index is 10.3. The van der Waals surface area contributed by atoms with Crippen LogP contribution in [0.5, 0.6) is 0 Å². The number of hydrogen-bond acceptors (Lipinski definition) is 8. The third-order valence-corrected chi connectivity index (χ3v) is 4.13. The summed E-state index contributed by atoms with van der Waals surface area (Å²) in [5, 5.41) is 22.3. The number of rotatable bonds is 10. The summed E-state index contributed by atoms with van der Waals surface area (Å²) in [6, 6.07) is 0. The summed E-state index contributed by atoms with van der Waals surface area (Å²) in [5.41, 5.74) is 1.08. The van der Waals surface area contributed by atoms with E-state index in [0.29, 0.717) is 12.4 Å². The molecule has 0 aromatic carbocycles. The standard InChI is InChI=1S/C11H19N5O2S2/c1-12-5-11-15-9(8-20-11)7-19-4-3-14-10(13-2)6-16(17)18/h6,8,12-14H,3-5,7H2,1-2H3. The second-order valence-corrected chi connectivity index (χ2v) is 5.87. The van der Waals surface area contributed by atoms with Gasteiger partial charge in [-0.3, -0.25) is 10.1 Å². The normalized spacial score (nSPS) is 11.4. The van der Waals surface area contributed by atoms with Crippen LogP contribution in [0.25, 0.3) is 0 Å². The van der Waals surface area contributed by atoms with E-state index in [2.05, 4.69) is 26.3 Å². The van der Waals surface area contributed by atoms with Crippen molar-refractivity contribution in [2.24, 2.45) is 0 Å². The molecule has 0 spiro atoms. The van der Waals surface area contributed by atoms with Gasteiger partial charge in [-0.2, -0.15) is 11.8 Å². The molecule has 0 bridgehead atoms. The highest BCUT2D eigenvalue weighted by Gasteiger charge is 2.02. The van der Waals surface area contributed by atoms with Gasteiger partial charge in [0.05, 0.1) is 10.6 Å². The smallest absolute Gasteiger partial charge is 0.274 e. The fraction of sp³-hybridized carbons (Fsp3) is 0.545. The summed E-state index contributed by atoms with van der Waals surface area (Å²) in [7, 11) is 3.55. The van der Waals surface area contributed by atoms with E-state index in [1.165, 1.54) is 0 Å². The number of thioether (sulfide) groups is 1. The van der Waals surface area contributed by atoms with Crippen molar-refractivity contribution in [3.8, 4) is 0 Å². The van der Waals surface area contributed by atoms with Gasteiger partial charge >= 0.3 is 0 Å². The van der Waals surface area contributed by atoms with Crippen molar-refractivity contribution < 1.29 is 4.92 Å². The van der Waals surface area contributed by atoms with Crippen molar-refractivity contribution in [3.05, 3.63) is 38.2 Å². The molecule has 112 valence electrons. The molecule has 1 aromatic heterocycles. The Bertz CT molecular complexity index is 450. The number of nitro groups is 1. The minimum atomic E-state index is -0.482. The zero-order chi connectivity index (χ0) is 14.8. The van der Waals surface area contributed by atoms with Crippen LogP contribution in [0.2, 0.25) is 0 Å². The largest absolute Gasteiger partial charge is 0.370 e. The molecule has 0 aliphatic heterocycles. The fourth-order valence-electron chi connectivity index (χ4n) is 1.39. The first-order chi connectivity index (χ1) is 9.65. The highest BCUT2D eigenvalue weighted by Crippen LogP contribution is 2.15. The molecule has 0 atom stereocenters. The third-order valence-electron chi connectivity index (χ3n) is 2.24. The van der Waals surface area contributed by atoms with E-state index in [9.17, 15) is 10.1 Å². The molecule has 0 saturated carbocycles. The van der Waals surface area contributed by atoms with Crippen LogP contribution < -0.4 is 16.0 Å². The zero-order valence-electron chi connectivity index (χ0n) is 11.5. The van der Waals surface area contributed by atoms with Crippen molar-refractivity contribution in [2.75, 3.05) is 26.4 Å². The molecule has 1 rings (SSSR count). The van der Waals surface area contributed by atoms with E-state index < -0.39 is 4.92 Å². The summed E-state index contributed by atoms with van der Waals surface area (Å²) in [4.78, 5) is 14.3. The SMILES string of the molecule is CNCc1nc(CSCCNC(=C[N+](=O)[O-])NC)cs1. The Kier molecular flexibility index (Phi) is 8.00. The Hall–Kier alpha value is -1.32. The van der Waals surface area contributed by atoms with Gasteiger partial charge in [0.25, 0.3) is 6.20 Å². The second-order valence-electron chi connectivity index (χ2n) is 3.82. The van der Waals surface area contributed by atoms with Crippen molar-refractivity contribution >= 4 is 23.1 Å². The summed E-state index contributed by atoms with van der Waals surface area (Å²) in [6.45, 7) is 1.47. The molecule has 20 heavy (non-hydrogen) atoms. The summed E-state index contributed by atoms with van der Waals surface area (Å²) >= 11 is 3.40. The molecule has 9 heteroatoms. The quantitative estimate of drug-likeness (QED) is 0.336. The molecule has 3 N–H and O–H groups in total. The minimum Gasteiger partial charge on any atom is -0.370 e. The maximum atomic E-state index is 10.3. The lowest BCUT2D eigenvalue weighted by atomic mass is 10.6. The predicted octanol–water partition coefficient (Wildman–Crippen LogP) is 0.980. The highest BCUT2D eigenvalue weighted by atomic mass is 32.2. The molecule has 0 saturated heterocycles. The number of aromatic nitrogens is 1. The molecule has 0 fully saturated rings. The summed E-state index contributed by atoms with van der Waals surface area (Å²) in [5.74, 6) is 2.13. The van der Waals surface area contributed by atoms with Crippen molar-refractivity contribution in [1.82, 2.24) is 20.9 Å². The first-order valence-electron chi connectivity index (χ1n) is 6.08.